The molecular formula is C13H19N3O5S. The van der Waals surface area contributed by atoms with E-state index in [4.69, 9.17) is 10.5 Å². The van der Waals surface area contributed by atoms with Crippen molar-refractivity contribution in [3.05, 3.63) is 28.3 Å². The van der Waals surface area contributed by atoms with E-state index < -0.39 is 14.9 Å². The number of piperidine rings is 1. The van der Waals surface area contributed by atoms with Crippen LogP contribution in [0.15, 0.2) is 23.1 Å². The van der Waals surface area contributed by atoms with Gasteiger partial charge in [-0.05, 0) is 31.4 Å². The van der Waals surface area contributed by atoms with Gasteiger partial charge in [-0.3, -0.25) is 10.1 Å². The number of hydrogen-bond acceptors (Lipinski definition) is 6. The monoisotopic (exact) mass is 329 g/mol. The topological polar surface area (TPSA) is 116 Å². The van der Waals surface area contributed by atoms with Gasteiger partial charge in [0.15, 0.2) is 5.75 Å². The molecule has 0 aromatic heterocycles. The minimum Gasteiger partial charge on any atom is -0.490 e. The zero-order chi connectivity index (χ0) is 16.3. The molecule has 2 rings (SSSR count). The zero-order valence-electron chi connectivity index (χ0n) is 12.3. The van der Waals surface area contributed by atoms with Gasteiger partial charge in [0.05, 0.1) is 16.9 Å². The maximum Gasteiger partial charge on any atom is 0.310 e. The normalized spacial score (nSPS) is 17.4. The highest BCUT2D eigenvalue weighted by Crippen LogP contribution is 2.31. The fourth-order valence-corrected chi connectivity index (χ4v) is 3.99. The summed E-state index contributed by atoms with van der Waals surface area (Å²) in [5.74, 6) is 0.278. The number of benzene rings is 1. The molecule has 1 saturated heterocycles. The number of methoxy groups -OCH3 is 1. The van der Waals surface area contributed by atoms with Crippen LogP contribution in [0.5, 0.6) is 5.75 Å². The fraction of sp³-hybridized carbons (Fsp3) is 0.538. The predicted octanol–water partition coefficient (Wildman–Crippen LogP) is 0.963. The third kappa shape index (κ3) is 3.21. The molecule has 0 unspecified atom stereocenters. The maximum atomic E-state index is 12.6. The number of rotatable bonds is 5. The van der Waals surface area contributed by atoms with Crippen molar-refractivity contribution in [2.75, 3.05) is 26.7 Å². The Morgan fingerprint density at radius 1 is 1.41 bits per heavy atom. The van der Waals surface area contributed by atoms with Crippen LogP contribution in [-0.2, 0) is 10.0 Å². The minimum atomic E-state index is -3.68. The Hall–Kier alpha value is -1.71. The Morgan fingerprint density at radius 2 is 2.05 bits per heavy atom. The molecule has 0 radical (unpaired) electrons. The van der Waals surface area contributed by atoms with Crippen molar-refractivity contribution in [1.82, 2.24) is 4.31 Å². The molecular weight excluding hydrogens is 310 g/mol. The average Bonchev–Trinajstić information content (AvgIpc) is 2.54. The third-order valence-corrected chi connectivity index (χ3v) is 5.79. The first-order valence-electron chi connectivity index (χ1n) is 6.92. The summed E-state index contributed by atoms with van der Waals surface area (Å²) in [7, 11) is -2.41. The van der Waals surface area contributed by atoms with Crippen molar-refractivity contribution >= 4 is 15.7 Å². The van der Waals surface area contributed by atoms with E-state index in [-0.39, 0.29) is 16.3 Å². The Bertz CT molecular complexity index is 654. The summed E-state index contributed by atoms with van der Waals surface area (Å²) >= 11 is 0. The van der Waals surface area contributed by atoms with E-state index in [2.05, 4.69) is 0 Å². The van der Waals surface area contributed by atoms with E-state index in [1.165, 1.54) is 23.5 Å². The molecule has 122 valence electrons. The zero-order valence-corrected chi connectivity index (χ0v) is 13.1. The first-order chi connectivity index (χ1) is 10.4. The molecule has 2 N–H and O–H groups in total. The molecule has 0 aliphatic carbocycles. The number of nitrogens with two attached hydrogens (primary N) is 1. The van der Waals surface area contributed by atoms with Crippen molar-refractivity contribution in [2.45, 2.75) is 17.7 Å². The molecule has 1 heterocycles. The van der Waals surface area contributed by atoms with Gasteiger partial charge in [-0.25, -0.2) is 8.42 Å². The Kier molecular flexibility index (Phi) is 4.99. The first-order valence-corrected chi connectivity index (χ1v) is 8.36. The number of nitrogens with zero attached hydrogens (tertiary/aromatic N) is 2. The quantitative estimate of drug-likeness (QED) is 0.635. The van der Waals surface area contributed by atoms with Gasteiger partial charge in [-0.1, -0.05) is 0 Å². The van der Waals surface area contributed by atoms with Crippen LogP contribution in [0, 0.1) is 16.0 Å². The number of hydrogen-bond donors (Lipinski definition) is 1. The number of sulfonamides is 1. The molecule has 0 saturated carbocycles. The van der Waals surface area contributed by atoms with E-state index in [0.717, 1.165) is 18.9 Å². The smallest absolute Gasteiger partial charge is 0.310 e. The molecule has 1 aromatic carbocycles. The van der Waals surface area contributed by atoms with Crippen molar-refractivity contribution in [3.63, 3.8) is 0 Å². The number of nitro benzene ring substituents is 1. The number of ether oxygens (including phenoxy) is 1. The van der Waals surface area contributed by atoms with Crippen LogP contribution in [0.4, 0.5) is 5.69 Å². The maximum absolute atomic E-state index is 12.6. The van der Waals surface area contributed by atoms with Crippen LogP contribution < -0.4 is 10.5 Å². The highest BCUT2D eigenvalue weighted by Gasteiger charge is 2.30. The molecule has 0 atom stereocenters. The van der Waals surface area contributed by atoms with E-state index in [9.17, 15) is 18.5 Å². The average molecular weight is 329 g/mol. The lowest BCUT2D eigenvalue weighted by Crippen LogP contribution is -2.40. The van der Waals surface area contributed by atoms with Gasteiger partial charge < -0.3 is 10.5 Å². The van der Waals surface area contributed by atoms with Gasteiger partial charge in [0.2, 0.25) is 10.0 Å². The standard InChI is InChI=1S/C13H19N3O5S/c1-21-13-8-11(2-3-12(13)16(17)18)22(19,20)15-6-4-10(9-14)5-7-15/h2-3,8,10H,4-7,9,14H2,1H3. The molecule has 1 aliphatic heterocycles. The molecule has 1 aromatic rings. The summed E-state index contributed by atoms with van der Waals surface area (Å²) in [6, 6.07) is 3.59. The predicted molar refractivity (Wildman–Crippen MR) is 80.2 cm³/mol. The summed E-state index contributed by atoms with van der Waals surface area (Å²) < 4.78 is 31.5. The minimum absolute atomic E-state index is 0.00106. The highest BCUT2D eigenvalue weighted by molar-refractivity contribution is 7.89. The van der Waals surface area contributed by atoms with E-state index in [0.29, 0.717) is 25.6 Å². The van der Waals surface area contributed by atoms with E-state index in [1.807, 2.05) is 0 Å². The van der Waals surface area contributed by atoms with Crippen LogP contribution in [-0.4, -0.2) is 44.4 Å². The van der Waals surface area contributed by atoms with Gasteiger partial charge in [0.1, 0.15) is 0 Å². The summed E-state index contributed by atoms with van der Waals surface area (Å²) in [5.41, 5.74) is 5.34. The first kappa shape index (κ1) is 16.7. The summed E-state index contributed by atoms with van der Waals surface area (Å²) in [6.45, 7) is 1.37. The second kappa shape index (κ2) is 6.59. The summed E-state index contributed by atoms with van der Waals surface area (Å²) in [6.07, 6.45) is 1.44. The summed E-state index contributed by atoms with van der Waals surface area (Å²) in [5, 5.41) is 10.9. The van der Waals surface area contributed by atoms with Crippen LogP contribution >= 0.6 is 0 Å². The van der Waals surface area contributed by atoms with Crippen LogP contribution in [0.3, 0.4) is 0 Å². The third-order valence-electron chi connectivity index (χ3n) is 3.89. The lowest BCUT2D eigenvalue weighted by Gasteiger charge is -2.30. The Morgan fingerprint density at radius 3 is 2.55 bits per heavy atom. The molecule has 9 heteroatoms. The second-order valence-electron chi connectivity index (χ2n) is 5.17. The van der Waals surface area contributed by atoms with E-state index >= 15 is 0 Å². The summed E-state index contributed by atoms with van der Waals surface area (Å²) in [4.78, 5) is 10.3. The van der Waals surface area contributed by atoms with Crippen molar-refractivity contribution in [2.24, 2.45) is 11.7 Å². The molecule has 0 bridgehead atoms. The van der Waals surface area contributed by atoms with Crippen LogP contribution in [0.25, 0.3) is 0 Å². The van der Waals surface area contributed by atoms with E-state index in [1.54, 1.807) is 0 Å². The van der Waals surface area contributed by atoms with Gasteiger partial charge in [0, 0.05) is 25.2 Å². The van der Waals surface area contributed by atoms with Crippen LogP contribution in [0.2, 0.25) is 0 Å². The van der Waals surface area contributed by atoms with Crippen molar-refractivity contribution in [1.29, 1.82) is 0 Å². The molecule has 22 heavy (non-hydrogen) atoms. The molecule has 0 spiro atoms. The Balaban J connectivity index is 2.28. The lowest BCUT2D eigenvalue weighted by atomic mass is 9.99. The largest absolute Gasteiger partial charge is 0.490 e. The fourth-order valence-electron chi connectivity index (χ4n) is 2.50. The highest BCUT2D eigenvalue weighted by atomic mass is 32.2. The van der Waals surface area contributed by atoms with Crippen molar-refractivity contribution in [3.8, 4) is 5.75 Å². The van der Waals surface area contributed by atoms with Gasteiger partial charge in [-0.15, -0.1) is 0 Å². The second-order valence-corrected chi connectivity index (χ2v) is 7.11. The molecule has 8 nitrogen and oxygen atoms in total. The van der Waals surface area contributed by atoms with Gasteiger partial charge in [-0.2, -0.15) is 4.31 Å². The van der Waals surface area contributed by atoms with Crippen LogP contribution in [0.1, 0.15) is 12.8 Å². The molecule has 0 amide bonds. The SMILES string of the molecule is COc1cc(S(=O)(=O)N2CCC(CN)CC2)ccc1[N+](=O)[O-]. The molecule has 1 fully saturated rings. The lowest BCUT2D eigenvalue weighted by molar-refractivity contribution is -0.385. The number of nitro groups is 1. The Labute approximate surface area is 129 Å². The van der Waals surface area contributed by atoms with Gasteiger partial charge in [0.25, 0.3) is 0 Å². The molecule has 1 aliphatic rings. The van der Waals surface area contributed by atoms with Gasteiger partial charge >= 0.3 is 5.69 Å². The van der Waals surface area contributed by atoms with Crippen molar-refractivity contribution < 1.29 is 18.1 Å².